The molecule has 0 unspecified atom stereocenters. The highest BCUT2D eigenvalue weighted by molar-refractivity contribution is 7.22. The first-order valence-corrected chi connectivity index (χ1v) is 10.6. The topological polar surface area (TPSA) is 60.2 Å². The van der Waals surface area contributed by atoms with Gasteiger partial charge in [0.2, 0.25) is 5.91 Å². The van der Waals surface area contributed by atoms with Crippen molar-refractivity contribution >= 4 is 32.6 Å². The Balaban J connectivity index is 1.71. The number of benzene rings is 2. The van der Waals surface area contributed by atoms with Crippen LogP contribution in [-0.2, 0) is 24.8 Å². The third-order valence-electron chi connectivity index (χ3n) is 5.29. The average Bonchev–Trinajstić information content (AvgIpc) is 3.27. The summed E-state index contributed by atoms with van der Waals surface area (Å²) in [5.41, 5.74) is 4.78. The van der Waals surface area contributed by atoms with Crippen molar-refractivity contribution in [2.45, 2.75) is 26.8 Å². The normalized spacial score (nSPS) is 11.1. The first-order valence-electron chi connectivity index (χ1n) is 9.74. The third-order valence-corrected chi connectivity index (χ3v) is 6.33. The van der Waals surface area contributed by atoms with Crippen LogP contribution in [0.3, 0.4) is 0 Å². The van der Waals surface area contributed by atoms with Crippen LogP contribution in [0, 0.1) is 13.8 Å². The number of carbonyl (C=O) groups is 1. The second-order valence-corrected chi connectivity index (χ2v) is 8.25. The zero-order valence-electron chi connectivity index (χ0n) is 17.5. The van der Waals surface area contributed by atoms with E-state index in [9.17, 15) is 4.79 Å². The van der Waals surface area contributed by atoms with Crippen LogP contribution in [0.4, 0.5) is 5.13 Å². The van der Waals surface area contributed by atoms with Gasteiger partial charge in [0, 0.05) is 18.3 Å². The quantitative estimate of drug-likeness (QED) is 0.463. The van der Waals surface area contributed by atoms with Crippen LogP contribution in [0.1, 0.15) is 22.5 Å². The Morgan fingerprint density at radius 3 is 2.60 bits per heavy atom. The molecular formula is C23H24N4O2S. The molecule has 4 rings (SSSR count). The molecule has 0 fully saturated rings. The van der Waals surface area contributed by atoms with Gasteiger partial charge in [0.15, 0.2) is 5.13 Å². The molecule has 2 aromatic heterocycles. The minimum atomic E-state index is 0.00377. The van der Waals surface area contributed by atoms with Gasteiger partial charge in [-0.15, -0.1) is 0 Å². The van der Waals surface area contributed by atoms with E-state index in [4.69, 9.17) is 9.72 Å². The second-order valence-electron chi connectivity index (χ2n) is 7.25. The largest absolute Gasteiger partial charge is 0.497 e. The van der Waals surface area contributed by atoms with Gasteiger partial charge in [0.1, 0.15) is 5.75 Å². The van der Waals surface area contributed by atoms with Crippen molar-refractivity contribution < 1.29 is 9.53 Å². The average molecular weight is 421 g/mol. The molecule has 154 valence electrons. The predicted octanol–water partition coefficient (Wildman–Crippen LogP) is 4.43. The SMILES string of the molecule is COc1ccc2nc(N(Cc3ccccc3)C(=O)Cc3c(C)nn(C)c3C)sc2c1. The van der Waals surface area contributed by atoms with Crippen molar-refractivity contribution in [2.75, 3.05) is 12.0 Å². The monoisotopic (exact) mass is 420 g/mol. The number of amides is 1. The highest BCUT2D eigenvalue weighted by Crippen LogP contribution is 2.32. The Kier molecular flexibility index (Phi) is 5.55. The van der Waals surface area contributed by atoms with Gasteiger partial charge in [-0.05, 0) is 37.6 Å². The lowest BCUT2D eigenvalue weighted by Gasteiger charge is -2.20. The molecule has 0 saturated carbocycles. The van der Waals surface area contributed by atoms with Crippen LogP contribution in [-0.4, -0.2) is 27.8 Å². The Hall–Kier alpha value is -3.19. The number of hydrogen-bond acceptors (Lipinski definition) is 5. The molecule has 0 N–H and O–H groups in total. The zero-order valence-corrected chi connectivity index (χ0v) is 18.4. The maximum Gasteiger partial charge on any atom is 0.233 e. The van der Waals surface area contributed by atoms with E-state index in [1.807, 2.05) is 74.1 Å². The molecule has 4 aromatic rings. The van der Waals surface area contributed by atoms with Crippen LogP contribution in [0.25, 0.3) is 10.2 Å². The van der Waals surface area contributed by atoms with Crippen LogP contribution in [0.2, 0.25) is 0 Å². The summed E-state index contributed by atoms with van der Waals surface area (Å²) in [6, 6.07) is 15.8. The Bertz CT molecular complexity index is 1200. The number of methoxy groups -OCH3 is 1. The van der Waals surface area contributed by atoms with E-state index in [-0.39, 0.29) is 12.3 Å². The summed E-state index contributed by atoms with van der Waals surface area (Å²) in [7, 11) is 3.55. The summed E-state index contributed by atoms with van der Waals surface area (Å²) in [5.74, 6) is 0.782. The molecule has 6 nitrogen and oxygen atoms in total. The van der Waals surface area contributed by atoms with E-state index in [2.05, 4.69) is 5.10 Å². The summed E-state index contributed by atoms with van der Waals surface area (Å²) in [6.45, 7) is 4.41. The van der Waals surface area contributed by atoms with Gasteiger partial charge in [-0.3, -0.25) is 14.4 Å². The lowest BCUT2D eigenvalue weighted by molar-refractivity contribution is -0.118. The fourth-order valence-corrected chi connectivity index (χ4v) is 4.49. The number of hydrogen-bond donors (Lipinski definition) is 0. The molecule has 0 aliphatic carbocycles. The van der Waals surface area contributed by atoms with Crippen molar-refractivity contribution in [1.82, 2.24) is 14.8 Å². The van der Waals surface area contributed by atoms with Crippen molar-refractivity contribution in [3.05, 3.63) is 71.0 Å². The van der Waals surface area contributed by atoms with E-state index in [0.29, 0.717) is 11.7 Å². The summed E-state index contributed by atoms with van der Waals surface area (Å²) < 4.78 is 8.14. The summed E-state index contributed by atoms with van der Waals surface area (Å²) in [4.78, 5) is 20.0. The van der Waals surface area contributed by atoms with Crippen molar-refractivity contribution in [2.24, 2.45) is 7.05 Å². The van der Waals surface area contributed by atoms with Crippen LogP contribution < -0.4 is 9.64 Å². The molecular weight excluding hydrogens is 396 g/mol. The van der Waals surface area contributed by atoms with Crippen molar-refractivity contribution in [1.29, 1.82) is 0 Å². The standard InChI is InChI=1S/C23H24N4O2S/c1-15-19(16(2)26(3)25-15)13-22(28)27(14-17-8-6-5-7-9-17)23-24-20-11-10-18(29-4)12-21(20)30-23/h5-12H,13-14H2,1-4H3. The number of aryl methyl sites for hydroxylation is 2. The number of rotatable bonds is 6. The van der Waals surface area contributed by atoms with E-state index >= 15 is 0 Å². The van der Waals surface area contributed by atoms with Gasteiger partial charge in [0.05, 0.1) is 36.0 Å². The molecule has 30 heavy (non-hydrogen) atoms. The van der Waals surface area contributed by atoms with Gasteiger partial charge < -0.3 is 4.74 Å². The fourth-order valence-electron chi connectivity index (χ4n) is 3.48. The van der Waals surface area contributed by atoms with Crippen molar-refractivity contribution in [3.63, 3.8) is 0 Å². The van der Waals surface area contributed by atoms with E-state index in [0.717, 1.165) is 38.5 Å². The predicted molar refractivity (Wildman–Crippen MR) is 120 cm³/mol. The highest BCUT2D eigenvalue weighted by atomic mass is 32.1. The number of carbonyl (C=O) groups excluding carboxylic acids is 1. The molecule has 0 spiro atoms. The van der Waals surface area contributed by atoms with E-state index in [1.165, 1.54) is 11.3 Å². The smallest absolute Gasteiger partial charge is 0.233 e. The maximum atomic E-state index is 13.5. The van der Waals surface area contributed by atoms with Crippen molar-refractivity contribution in [3.8, 4) is 5.75 Å². The lowest BCUT2D eigenvalue weighted by atomic mass is 10.1. The Morgan fingerprint density at radius 2 is 1.93 bits per heavy atom. The number of aromatic nitrogens is 3. The number of thiazole rings is 1. The number of anilines is 1. The molecule has 2 heterocycles. The van der Waals surface area contributed by atoms with Gasteiger partial charge >= 0.3 is 0 Å². The van der Waals surface area contributed by atoms with Gasteiger partial charge in [-0.1, -0.05) is 41.7 Å². The third kappa shape index (κ3) is 3.93. The van der Waals surface area contributed by atoms with Crippen LogP contribution in [0.15, 0.2) is 48.5 Å². The molecule has 1 amide bonds. The van der Waals surface area contributed by atoms with Gasteiger partial charge in [0.25, 0.3) is 0 Å². The fraction of sp³-hybridized carbons (Fsp3) is 0.261. The molecule has 0 saturated heterocycles. The highest BCUT2D eigenvalue weighted by Gasteiger charge is 2.23. The lowest BCUT2D eigenvalue weighted by Crippen LogP contribution is -2.32. The molecule has 0 radical (unpaired) electrons. The Morgan fingerprint density at radius 1 is 1.17 bits per heavy atom. The maximum absolute atomic E-state index is 13.5. The minimum Gasteiger partial charge on any atom is -0.497 e. The molecule has 7 heteroatoms. The number of ether oxygens (including phenoxy) is 1. The molecule has 0 aliphatic heterocycles. The molecule has 0 atom stereocenters. The Labute approximate surface area is 179 Å². The van der Waals surface area contributed by atoms with Gasteiger partial charge in [-0.2, -0.15) is 5.10 Å². The van der Waals surface area contributed by atoms with E-state index in [1.54, 1.807) is 12.0 Å². The van der Waals surface area contributed by atoms with Crippen LogP contribution in [0.5, 0.6) is 5.75 Å². The van der Waals surface area contributed by atoms with E-state index < -0.39 is 0 Å². The summed E-state index contributed by atoms with van der Waals surface area (Å²) in [6.07, 6.45) is 0.289. The molecule has 2 aromatic carbocycles. The van der Waals surface area contributed by atoms with Gasteiger partial charge in [-0.25, -0.2) is 4.98 Å². The molecule has 0 bridgehead atoms. The van der Waals surface area contributed by atoms with Crippen LogP contribution >= 0.6 is 11.3 Å². The minimum absolute atomic E-state index is 0.00377. The number of nitrogens with zero attached hydrogens (tertiary/aromatic N) is 4. The number of fused-ring (bicyclic) bond motifs is 1. The summed E-state index contributed by atoms with van der Waals surface area (Å²) in [5, 5.41) is 5.14. The first kappa shape index (κ1) is 20.1. The summed E-state index contributed by atoms with van der Waals surface area (Å²) >= 11 is 1.50. The second kappa shape index (κ2) is 8.28. The molecule has 0 aliphatic rings. The first-order chi connectivity index (χ1) is 14.5. The zero-order chi connectivity index (χ0) is 21.3.